The average Bonchev–Trinajstić information content (AvgIpc) is 3.19. The van der Waals surface area contributed by atoms with Crippen LogP contribution in [0.4, 0.5) is 28.8 Å². The largest absolute Gasteiger partial charge is 0.454 e. The Hall–Kier alpha value is -3.49. The van der Waals surface area contributed by atoms with Crippen molar-refractivity contribution in [3.63, 3.8) is 0 Å². The molecule has 4 N–H and O–H groups in total. The van der Waals surface area contributed by atoms with E-state index in [0.717, 1.165) is 5.69 Å². The van der Waals surface area contributed by atoms with Crippen LogP contribution in [0.3, 0.4) is 0 Å². The summed E-state index contributed by atoms with van der Waals surface area (Å²) in [4.78, 5) is 8.30. The van der Waals surface area contributed by atoms with E-state index in [9.17, 15) is 0 Å². The number of nitrogens with two attached hydrogens (primary N) is 1. The first-order valence-electron chi connectivity index (χ1n) is 7.16. The summed E-state index contributed by atoms with van der Waals surface area (Å²) >= 11 is 0. The molecule has 4 rings (SSSR count). The van der Waals surface area contributed by atoms with E-state index >= 15 is 0 Å². The van der Waals surface area contributed by atoms with Crippen molar-refractivity contribution in [1.29, 1.82) is 0 Å². The van der Waals surface area contributed by atoms with Gasteiger partial charge < -0.3 is 30.4 Å². The highest BCUT2D eigenvalue weighted by molar-refractivity contribution is 5.80. The van der Waals surface area contributed by atoms with E-state index in [-0.39, 0.29) is 6.79 Å². The maximum absolute atomic E-state index is 6.13. The molecule has 0 amide bonds. The van der Waals surface area contributed by atoms with Crippen LogP contribution in [0.5, 0.6) is 11.5 Å². The van der Waals surface area contributed by atoms with Crippen LogP contribution in [0.25, 0.3) is 0 Å². The van der Waals surface area contributed by atoms with Gasteiger partial charge in [0.1, 0.15) is 17.8 Å². The van der Waals surface area contributed by atoms with E-state index in [1.807, 2.05) is 18.2 Å². The molecule has 0 radical (unpaired) electrons. The second kappa shape index (κ2) is 5.61. The fourth-order valence-corrected chi connectivity index (χ4v) is 2.25. The number of aromatic nitrogens is 3. The van der Waals surface area contributed by atoms with Crippen LogP contribution in [0, 0.1) is 6.92 Å². The number of hydrogen-bond acceptors (Lipinski definition) is 9. The Labute approximate surface area is 136 Å². The van der Waals surface area contributed by atoms with Gasteiger partial charge in [-0.15, -0.1) is 0 Å². The first-order chi connectivity index (χ1) is 11.7. The molecule has 1 aliphatic heterocycles. The topological polar surface area (TPSA) is 120 Å². The molecule has 0 atom stereocenters. The third kappa shape index (κ3) is 2.62. The van der Waals surface area contributed by atoms with Crippen LogP contribution in [0.1, 0.15) is 5.76 Å². The van der Waals surface area contributed by atoms with Crippen molar-refractivity contribution in [2.75, 3.05) is 23.2 Å². The molecule has 9 heteroatoms. The number of anilines is 5. The molecule has 1 aliphatic rings. The standard InChI is InChI=1S/C15H14N6O3/c1-8-4-12(21-24-8)20-15-13(16)14(17-6-18-15)19-9-2-3-10-11(5-9)23-7-22-10/h2-6H,7,16H2,1H3,(H2,17,18,19,20,21). The monoisotopic (exact) mass is 326 g/mol. The fraction of sp³-hybridized carbons (Fsp3) is 0.133. The van der Waals surface area contributed by atoms with E-state index in [4.69, 9.17) is 19.7 Å². The third-order valence-corrected chi connectivity index (χ3v) is 3.39. The van der Waals surface area contributed by atoms with Crippen molar-refractivity contribution in [2.24, 2.45) is 0 Å². The van der Waals surface area contributed by atoms with Crippen molar-refractivity contribution >= 4 is 28.8 Å². The molecule has 0 unspecified atom stereocenters. The Morgan fingerprint density at radius 1 is 1.04 bits per heavy atom. The zero-order chi connectivity index (χ0) is 16.5. The maximum Gasteiger partial charge on any atom is 0.231 e. The van der Waals surface area contributed by atoms with Gasteiger partial charge in [0.05, 0.1) is 0 Å². The van der Waals surface area contributed by atoms with E-state index in [1.54, 1.807) is 13.0 Å². The molecule has 0 spiro atoms. The lowest BCUT2D eigenvalue weighted by atomic mass is 10.2. The molecule has 0 aliphatic carbocycles. The van der Waals surface area contributed by atoms with Crippen molar-refractivity contribution in [2.45, 2.75) is 6.92 Å². The lowest BCUT2D eigenvalue weighted by molar-refractivity contribution is 0.174. The molecule has 0 saturated heterocycles. The molecule has 0 bridgehead atoms. The van der Waals surface area contributed by atoms with Crippen LogP contribution in [0.2, 0.25) is 0 Å². The molecule has 9 nitrogen and oxygen atoms in total. The minimum absolute atomic E-state index is 0.222. The molecule has 0 fully saturated rings. The van der Waals surface area contributed by atoms with Gasteiger partial charge in [-0.25, -0.2) is 9.97 Å². The average molecular weight is 326 g/mol. The number of fused-ring (bicyclic) bond motifs is 1. The van der Waals surface area contributed by atoms with E-state index in [0.29, 0.717) is 40.4 Å². The molecule has 122 valence electrons. The fourth-order valence-electron chi connectivity index (χ4n) is 2.25. The number of nitrogens with zero attached hydrogens (tertiary/aromatic N) is 3. The summed E-state index contributed by atoms with van der Waals surface area (Å²) in [6.45, 7) is 2.02. The number of nitrogen functional groups attached to an aromatic ring is 1. The normalized spacial score (nSPS) is 12.2. The molecule has 1 aromatic carbocycles. The zero-order valence-corrected chi connectivity index (χ0v) is 12.7. The van der Waals surface area contributed by atoms with Crippen LogP contribution >= 0.6 is 0 Å². The number of aryl methyl sites for hydroxylation is 1. The van der Waals surface area contributed by atoms with Gasteiger partial charge >= 0.3 is 0 Å². The van der Waals surface area contributed by atoms with Crippen molar-refractivity contribution in [3.05, 3.63) is 36.4 Å². The van der Waals surface area contributed by atoms with Gasteiger partial charge in [0.15, 0.2) is 29.0 Å². The predicted molar refractivity (Wildman–Crippen MR) is 86.8 cm³/mol. The van der Waals surface area contributed by atoms with Crippen LogP contribution < -0.4 is 25.8 Å². The summed E-state index contributed by atoms with van der Waals surface area (Å²) in [5.74, 6) is 3.48. The van der Waals surface area contributed by atoms with Gasteiger partial charge in [-0.1, -0.05) is 5.16 Å². The molecule has 3 aromatic rings. The SMILES string of the molecule is Cc1cc(Nc2ncnc(Nc3ccc4c(c3)OCO4)c2N)no1. The summed E-state index contributed by atoms with van der Waals surface area (Å²) in [6, 6.07) is 7.23. The first kappa shape index (κ1) is 14.1. The number of rotatable bonds is 4. The number of benzene rings is 1. The lowest BCUT2D eigenvalue weighted by Crippen LogP contribution is -2.05. The summed E-state index contributed by atoms with van der Waals surface area (Å²) in [6.07, 6.45) is 1.40. The van der Waals surface area contributed by atoms with Gasteiger partial charge in [-0.05, 0) is 19.1 Å². The Kier molecular flexibility index (Phi) is 3.30. The second-order valence-electron chi connectivity index (χ2n) is 5.13. The van der Waals surface area contributed by atoms with Gasteiger partial charge in [-0.2, -0.15) is 0 Å². The minimum Gasteiger partial charge on any atom is -0.454 e. The summed E-state index contributed by atoms with van der Waals surface area (Å²) in [5, 5.41) is 9.99. The summed E-state index contributed by atoms with van der Waals surface area (Å²) in [5.41, 5.74) is 7.26. The highest BCUT2D eigenvalue weighted by atomic mass is 16.7. The van der Waals surface area contributed by atoms with E-state index < -0.39 is 0 Å². The van der Waals surface area contributed by atoms with E-state index in [1.165, 1.54) is 6.33 Å². The van der Waals surface area contributed by atoms with Crippen molar-refractivity contribution < 1.29 is 14.0 Å². The van der Waals surface area contributed by atoms with Crippen LogP contribution in [-0.2, 0) is 0 Å². The van der Waals surface area contributed by atoms with E-state index in [2.05, 4.69) is 25.8 Å². The Morgan fingerprint density at radius 3 is 2.62 bits per heavy atom. The summed E-state index contributed by atoms with van der Waals surface area (Å²) in [7, 11) is 0. The number of ether oxygens (including phenoxy) is 2. The molecule has 24 heavy (non-hydrogen) atoms. The Morgan fingerprint density at radius 2 is 1.83 bits per heavy atom. The predicted octanol–water partition coefficient (Wildman–Crippen LogP) is 2.57. The highest BCUT2D eigenvalue weighted by Gasteiger charge is 2.15. The van der Waals surface area contributed by atoms with Gasteiger partial charge in [0.25, 0.3) is 0 Å². The number of hydrogen-bond donors (Lipinski definition) is 3. The maximum atomic E-state index is 6.13. The van der Waals surface area contributed by atoms with Crippen LogP contribution in [0.15, 0.2) is 35.1 Å². The Balaban J connectivity index is 1.58. The first-order valence-corrected chi connectivity index (χ1v) is 7.16. The number of nitrogens with one attached hydrogen (secondary N) is 2. The second-order valence-corrected chi connectivity index (χ2v) is 5.13. The van der Waals surface area contributed by atoms with Gasteiger partial charge in [-0.3, -0.25) is 0 Å². The molecule has 0 saturated carbocycles. The van der Waals surface area contributed by atoms with Gasteiger partial charge in [0, 0.05) is 17.8 Å². The van der Waals surface area contributed by atoms with Crippen LogP contribution in [-0.4, -0.2) is 21.9 Å². The summed E-state index contributed by atoms with van der Waals surface area (Å²) < 4.78 is 15.7. The smallest absolute Gasteiger partial charge is 0.231 e. The quantitative estimate of drug-likeness (QED) is 0.664. The zero-order valence-electron chi connectivity index (χ0n) is 12.7. The Bertz CT molecular complexity index is 895. The molecular formula is C15H14N6O3. The molecule has 2 aromatic heterocycles. The molecular weight excluding hydrogens is 312 g/mol. The lowest BCUT2D eigenvalue weighted by Gasteiger charge is -2.11. The third-order valence-electron chi connectivity index (χ3n) is 3.39. The van der Waals surface area contributed by atoms with Crippen molar-refractivity contribution in [3.8, 4) is 11.5 Å². The highest BCUT2D eigenvalue weighted by Crippen LogP contribution is 2.36. The van der Waals surface area contributed by atoms with Crippen molar-refractivity contribution in [1.82, 2.24) is 15.1 Å². The molecule has 3 heterocycles. The van der Waals surface area contributed by atoms with Gasteiger partial charge in [0.2, 0.25) is 6.79 Å². The minimum atomic E-state index is 0.222.